The van der Waals surface area contributed by atoms with Gasteiger partial charge in [0.1, 0.15) is 11.9 Å². The Morgan fingerprint density at radius 3 is 2.60 bits per heavy atom. The molecule has 2 saturated carbocycles. The van der Waals surface area contributed by atoms with E-state index in [1.54, 1.807) is 23.6 Å². The number of aliphatic hydroxyl groups excluding tert-OH is 2. The number of hydrogen-bond acceptors (Lipinski definition) is 10. The largest absolute Gasteiger partial charge is 0.497 e. The van der Waals surface area contributed by atoms with Gasteiger partial charge in [-0.25, -0.2) is 14.6 Å². The van der Waals surface area contributed by atoms with Crippen molar-refractivity contribution in [2.45, 2.75) is 61.6 Å². The fourth-order valence-electron chi connectivity index (χ4n) is 5.08. The number of benzene rings is 1. The summed E-state index contributed by atoms with van der Waals surface area (Å²) in [5.74, 6) is 2.69. The highest BCUT2D eigenvalue weighted by atomic mass is 32.2. The number of thioether (sulfide) groups is 1. The van der Waals surface area contributed by atoms with Crippen molar-refractivity contribution in [2.75, 3.05) is 31.4 Å². The zero-order chi connectivity index (χ0) is 24.7. The molecule has 2 aliphatic rings. The van der Waals surface area contributed by atoms with Gasteiger partial charge in [0.15, 0.2) is 22.1 Å². The Hall–Kier alpha value is -2.47. The average molecular weight is 500 g/mol. The van der Waals surface area contributed by atoms with Gasteiger partial charge in [-0.1, -0.05) is 36.0 Å². The van der Waals surface area contributed by atoms with Crippen LogP contribution >= 0.6 is 11.8 Å². The molecule has 0 saturated heterocycles. The minimum atomic E-state index is -0.973. The minimum absolute atomic E-state index is 0.191. The number of likely N-dealkylation sites (N-methyl/N-ethyl adjacent to an activating group) is 1. The summed E-state index contributed by atoms with van der Waals surface area (Å²) in [5.41, 5.74) is 8.27. The molecule has 2 aromatic heterocycles. The van der Waals surface area contributed by atoms with Gasteiger partial charge in [0.25, 0.3) is 0 Å². The predicted molar refractivity (Wildman–Crippen MR) is 135 cm³/mol. The molecule has 11 heteroatoms. The molecule has 1 aromatic carbocycles. The second-order valence-corrected chi connectivity index (χ2v) is 10.5. The zero-order valence-corrected chi connectivity index (χ0v) is 21.1. The molecule has 0 aliphatic heterocycles. The number of nitrogens with zero attached hydrogens (tertiary/aromatic N) is 6. The fraction of sp³-hybridized carbons (Fsp3) is 0.583. The van der Waals surface area contributed by atoms with Crippen LogP contribution in [0, 0.1) is 5.92 Å². The molecule has 0 spiro atoms. The van der Waals surface area contributed by atoms with E-state index in [1.807, 2.05) is 19.2 Å². The van der Waals surface area contributed by atoms with Gasteiger partial charge in [-0.05, 0) is 43.5 Å². The maximum absolute atomic E-state index is 10.7. The Labute approximate surface area is 208 Å². The first-order valence-corrected chi connectivity index (χ1v) is 13.1. The van der Waals surface area contributed by atoms with Crippen LogP contribution in [0.2, 0.25) is 0 Å². The monoisotopic (exact) mass is 499 g/mol. The second-order valence-electron chi connectivity index (χ2n) is 9.46. The maximum Gasteiger partial charge on any atom is 0.191 e. The van der Waals surface area contributed by atoms with Crippen LogP contribution in [-0.2, 0) is 0 Å². The lowest BCUT2D eigenvalue weighted by molar-refractivity contribution is 0.00624. The zero-order valence-electron chi connectivity index (χ0n) is 20.3. The summed E-state index contributed by atoms with van der Waals surface area (Å²) in [6.07, 6.45) is 0.679. The van der Waals surface area contributed by atoms with Gasteiger partial charge in [0, 0.05) is 30.7 Å². The number of hydrogen-bond donors (Lipinski definition) is 3. The summed E-state index contributed by atoms with van der Waals surface area (Å²) in [6.45, 7) is 2.42. The van der Waals surface area contributed by atoms with E-state index in [1.165, 1.54) is 5.56 Å². The Morgan fingerprint density at radius 2 is 1.94 bits per heavy atom. The van der Waals surface area contributed by atoms with Crippen molar-refractivity contribution in [1.82, 2.24) is 25.0 Å². The summed E-state index contributed by atoms with van der Waals surface area (Å²) in [6, 6.07) is 8.08. The van der Waals surface area contributed by atoms with Crippen molar-refractivity contribution < 1.29 is 14.9 Å². The highest BCUT2D eigenvalue weighted by Crippen LogP contribution is 2.46. The lowest BCUT2D eigenvalue weighted by Gasteiger charge is -2.20. The Bertz CT molecular complexity index is 1170. The van der Waals surface area contributed by atoms with Crippen LogP contribution in [0.4, 0.5) is 5.82 Å². The van der Waals surface area contributed by atoms with Crippen LogP contribution in [0.25, 0.3) is 11.2 Å². The van der Waals surface area contributed by atoms with Crippen LogP contribution in [0.15, 0.2) is 29.4 Å². The van der Waals surface area contributed by atoms with Gasteiger partial charge in [-0.15, -0.1) is 5.10 Å². The first kappa shape index (κ1) is 24.2. The van der Waals surface area contributed by atoms with Crippen molar-refractivity contribution in [2.24, 2.45) is 11.7 Å². The van der Waals surface area contributed by atoms with Crippen LogP contribution in [0.3, 0.4) is 0 Å². The van der Waals surface area contributed by atoms with E-state index in [0.717, 1.165) is 30.2 Å². The van der Waals surface area contributed by atoms with Crippen LogP contribution in [0.1, 0.15) is 43.7 Å². The molecule has 0 radical (unpaired) electrons. The average Bonchev–Trinajstić information content (AvgIpc) is 3.50. The van der Waals surface area contributed by atoms with Crippen LogP contribution in [0.5, 0.6) is 5.75 Å². The SMILES string of the molecule is CCCSc1nc(N(C)C2CC2c2ccc(OC)cc2)c2nnn([C@@H]3C[C@H](CN)[C@@H](O)[C@H]3O)c2n1. The molecular weight excluding hydrogens is 466 g/mol. The molecule has 6 atom stereocenters. The molecule has 3 aromatic rings. The molecule has 2 fully saturated rings. The normalized spacial score (nSPS) is 27.9. The maximum atomic E-state index is 10.7. The van der Waals surface area contributed by atoms with Gasteiger partial charge < -0.3 is 25.6 Å². The molecule has 10 nitrogen and oxygen atoms in total. The highest BCUT2D eigenvalue weighted by Gasteiger charge is 2.45. The smallest absolute Gasteiger partial charge is 0.191 e. The van der Waals surface area contributed by atoms with E-state index in [2.05, 4.69) is 34.3 Å². The number of aromatic nitrogens is 5. The van der Waals surface area contributed by atoms with E-state index >= 15 is 0 Å². The molecular formula is C24H33N7O3S. The van der Waals surface area contributed by atoms with Crippen molar-refractivity contribution >= 4 is 28.7 Å². The highest BCUT2D eigenvalue weighted by molar-refractivity contribution is 7.99. The third-order valence-corrected chi connectivity index (χ3v) is 8.29. The predicted octanol–water partition coefficient (Wildman–Crippen LogP) is 1.97. The molecule has 5 rings (SSSR count). The van der Waals surface area contributed by atoms with Crippen molar-refractivity contribution in [3.63, 3.8) is 0 Å². The lowest BCUT2D eigenvalue weighted by Crippen LogP contribution is -2.32. The number of methoxy groups -OCH3 is 1. The summed E-state index contributed by atoms with van der Waals surface area (Å²) in [4.78, 5) is 11.8. The van der Waals surface area contributed by atoms with E-state index in [-0.39, 0.29) is 12.0 Å². The standard InChI is InChI=1S/C24H33N7O3S/c1-4-9-35-24-26-22(30(2)17-11-16(17)13-5-7-15(34-3)8-6-13)19-23(27-24)31(29-28-19)18-10-14(12-25)20(32)21(18)33/h5-8,14,16-18,20-21,32-33H,4,9-12,25H2,1-3H3/t14-,16?,17?,18-,20-,21+/m1/s1. The van der Waals surface area contributed by atoms with Gasteiger partial charge >= 0.3 is 0 Å². The fourth-order valence-corrected chi connectivity index (χ4v) is 5.76. The number of rotatable bonds is 9. The first-order chi connectivity index (χ1) is 17.0. The summed E-state index contributed by atoms with van der Waals surface area (Å²) in [5, 5.41) is 30.6. The van der Waals surface area contributed by atoms with E-state index in [0.29, 0.717) is 35.2 Å². The van der Waals surface area contributed by atoms with Crippen molar-refractivity contribution in [1.29, 1.82) is 0 Å². The van der Waals surface area contributed by atoms with Gasteiger partial charge in [0.2, 0.25) is 0 Å². The van der Waals surface area contributed by atoms with Gasteiger partial charge in [0.05, 0.1) is 19.3 Å². The van der Waals surface area contributed by atoms with E-state index in [4.69, 9.17) is 20.4 Å². The van der Waals surface area contributed by atoms with E-state index in [9.17, 15) is 10.2 Å². The molecule has 188 valence electrons. The van der Waals surface area contributed by atoms with Gasteiger partial charge in [-0.2, -0.15) is 0 Å². The Balaban J connectivity index is 1.48. The number of ether oxygens (including phenoxy) is 1. The number of anilines is 1. The number of nitrogens with two attached hydrogens (primary N) is 1. The molecule has 0 amide bonds. The first-order valence-electron chi connectivity index (χ1n) is 12.2. The quantitative estimate of drug-likeness (QED) is 0.296. The Kier molecular flexibility index (Phi) is 6.84. The van der Waals surface area contributed by atoms with Crippen LogP contribution < -0.4 is 15.4 Å². The number of aliphatic hydroxyl groups is 2. The summed E-state index contributed by atoms with van der Waals surface area (Å²) in [7, 11) is 3.72. The van der Waals surface area contributed by atoms with Crippen molar-refractivity contribution in [3.8, 4) is 5.75 Å². The Morgan fingerprint density at radius 1 is 1.17 bits per heavy atom. The molecule has 4 N–H and O–H groups in total. The lowest BCUT2D eigenvalue weighted by atomic mass is 10.1. The summed E-state index contributed by atoms with van der Waals surface area (Å²) < 4.78 is 6.95. The number of fused-ring (bicyclic) bond motifs is 1. The van der Waals surface area contributed by atoms with Crippen LogP contribution in [-0.4, -0.2) is 79.9 Å². The summed E-state index contributed by atoms with van der Waals surface area (Å²) >= 11 is 1.60. The molecule has 2 unspecified atom stereocenters. The molecule has 2 heterocycles. The molecule has 2 aliphatic carbocycles. The second kappa shape index (κ2) is 9.88. The third-order valence-electron chi connectivity index (χ3n) is 7.24. The molecule has 0 bridgehead atoms. The van der Waals surface area contributed by atoms with Crippen molar-refractivity contribution in [3.05, 3.63) is 29.8 Å². The van der Waals surface area contributed by atoms with E-state index < -0.39 is 18.2 Å². The molecule has 35 heavy (non-hydrogen) atoms. The van der Waals surface area contributed by atoms with Gasteiger partial charge in [-0.3, -0.25) is 0 Å². The minimum Gasteiger partial charge on any atom is -0.497 e. The topological polar surface area (TPSA) is 135 Å². The third kappa shape index (κ3) is 4.46.